The minimum Gasteiger partial charge on any atom is -0.370 e. The quantitative estimate of drug-likeness (QED) is 0.342. The van der Waals surface area contributed by atoms with Crippen LogP contribution in [0.15, 0.2) is 16.7 Å². The molecule has 1 aliphatic rings. The van der Waals surface area contributed by atoms with Crippen LogP contribution in [-0.2, 0) is 0 Å². The Hall–Kier alpha value is -2.68. The second kappa shape index (κ2) is 9.88. The second-order valence-corrected chi connectivity index (χ2v) is 8.41. The van der Waals surface area contributed by atoms with E-state index in [1.807, 2.05) is 6.07 Å². The molecule has 164 valence electrons. The van der Waals surface area contributed by atoms with Crippen molar-refractivity contribution in [3.8, 4) is 0 Å². The van der Waals surface area contributed by atoms with Crippen molar-refractivity contribution in [2.45, 2.75) is 52.9 Å². The molecule has 0 saturated carbocycles. The topological polar surface area (TPSA) is 122 Å². The lowest BCUT2D eigenvalue weighted by atomic mass is 9.83. The van der Waals surface area contributed by atoms with Crippen LogP contribution in [0.3, 0.4) is 0 Å². The Morgan fingerprint density at radius 1 is 1.27 bits per heavy atom. The van der Waals surface area contributed by atoms with Crippen LogP contribution in [0.2, 0.25) is 0 Å². The van der Waals surface area contributed by atoms with Gasteiger partial charge in [0.2, 0.25) is 0 Å². The molecule has 0 bridgehead atoms. The molecular weight excluding hydrogens is 382 g/mol. The number of nitrogen functional groups attached to an aromatic ring is 1. The van der Waals surface area contributed by atoms with E-state index < -0.39 is 0 Å². The van der Waals surface area contributed by atoms with Crippen molar-refractivity contribution in [3.63, 3.8) is 0 Å². The molecule has 0 unspecified atom stereocenters. The number of pyridine rings is 1. The summed E-state index contributed by atoms with van der Waals surface area (Å²) >= 11 is 0. The molecule has 3 heterocycles. The molecule has 3 rings (SSSR count). The highest BCUT2D eigenvalue weighted by Gasteiger charge is 2.26. The third kappa shape index (κ3) is 5.27. The average molecular weight is 416 g/mol. The number of hydrogen-bond donors (Lipinski definition) is 3. The number of nitrogens with two attached hydrogens (primary N) is 1. The molecule has 4 N–H and O–H groups in total. The summed E-state index contributed by atoms with van der Waals surface area (Å²) < 4.78 is 5.43. The van der Waals surface area contributed by atoms with E-state index in [2.05, 4.69) is 51.5 Å². The highest BCUT2D eigenvalue weighted by Crippen LogP contribution is 2.29. The molecule has 2 aromatic rings. The molecule has 9 nitrogen and oxygen atoms in total. The predicted molar refractivity (Wildman–Crippen MR) is 116 cm³/mol. The number of hydrazine groups is 1. The van der Waals surface area contributed by atoms with Crippen molar-refractivity contribution >= 4 is 17.7 Å². The molecule has 1 atom stereocenters. The maximum Gasteiger partial charge on any atom is 0.324 e. The Bertz CT molecular complexity index is 844. The van der Waals surface area contributed by atoms with Gasteiger partial charge in [0.15, 0.2) is 5.82 Å². The van der Waals surface area contributed by atoms with Gasteiger partial charge in [0, 0.05) is 25.6 Å². The lowest BCUT2D eigenvalue weighted by Crippen LogP contribution is -2.36. The van der Waals surface area contributed by atoms with Gasteiger partial charge in [-0.1, -0.05) is 25.9 Å². The Kier molecular flexibility index (Phi) is 7.25. The molecule has 1 fully saturated rings. The molecule has 0 radical (unpaired) electrons. The van der Waals surface area contributed by atoms with Crippen LogP contribution in [0.4, 0.5) is 11.8 Å². The van der Waals surface area contributed by atoms with E-state index in [9.17, 15) is 4.79 Å². The number of amides is 1. The SMILES string of the molecule is Cc1nc(NCC[C@@H](C)C2CCN(c3nc(C(C)C)no3)CC2)ccc1C(=O)NN. The number of piperidine rings is 1. The highest BCUT2D eigenvalue weighted by atomic mass is 16.5. The number of nitrogens with one attached hydrogen (secondary N) is 2. The summed E-state index contributed by atoms with van der Waals surface area (Å²) in [5.74, 6) is 7.98. The zero-order valence-corrected chi connectivity index (χ0v) is 18.3. The average Bonchev–Trinajstić information content (AvgIpc) is 3.24. The lowest BCUT2D eigenvalue weighted by molar-refractivity contribution is 0.0952. The van der Waals surface area contributed by atoms with Gasteiger partial charge in [-0.2, -0.15) is 4.98 Å². The second-order valence-electron chi connectivity index (χ2n) is 8.41. The van der Waals surface area contributed by atoms with E-state index in [1.165, 1.54) is 0 Å². The first-order valence-corrected chi connectivity index (χ1v) is 10.7. The molecule has 0 aliphatic carbocycles. The first-order valence-electron chi connectivity index (χ1n) is 10.7. The predicted octanol–water partition coefficient (Wildman–Crippen LogP) is 2.85. The maximum atomic E-state index is 11.7. The van der Waals surface area contributed by atoms with Crippen molar-refractivity contribution in [3.05, 3.63) is 29.2 Å². The molecular formula is C21H33N7O2. The van der Waals surface area contributed by atoms with Crippen LogP contribution < -0.4 is 21.5 Å². The van der Waals surface area contributed by atoms with Crippen LogP contribution in [0.1, 0.15) is 67.8 Å². The molecule has 0 spiro atoms. The Morgan fingerprint density at radius 2 is 2.00 bits per heavy atom. The summed E-state index contributed by atoms with van der Waals surface area (Å²) in [7, 11) is 0. The summed E-state index contributed by atoms with van der Waals surface area (Å²) in [6.07, 6.45) is 3.32. The van der Waals surface area contributed by atoms with Gasteiger partial charge in [-0.3, -0.25) is 10.2 Å². The Balaban J connectivity index is 1.43. The van der Waals surface area contributed by atoms with Gasteiger partial charge in [-0.15, -0.1) is 0 Å². The van der Waals surface area contributed by atoms with Crippen LogP contribution in [0.5, 0.6) is 0 Å². The third-order valence-electron chi connectivity index (χ3n) is 5.93. The van der Waals surface area contributed by atoms with E-state index in [0.29, 0.717) is 29.1 Å². The zero-order chi connectivity index (χ0) is 21.7. The van der Waals surface area contributed by atoms with Crippen molar-refractivity contribution < 1.29 is 9.32 Å². The van der Waals surface area contributed by atoms with Crippen molar-refractivity contribution in [1.29, 1.82) is 0 Å². The number of hydrogen-bond acceptors (Lipinski definition) is 8. The number of nitrogens with zero attached hydrogens (tertiary/aromatic N) is 4. The van der Waals surface area contributed by atoms with Crippen molar-refractivity contribution in [2.24, 2.45) is 17.7 Å². The fourth-order valence-corrected chi connectivity index (χ4v) is 3.89. The first-order chi connectivity index (χ1) is 14.4. The fourth-order valence-electron chi connectivity index (χ4n) is 3.89. The van der Waals surface area contributed by atoms with Crippen LogP contribution in [-0.4, -0.2) is 40.7 Å². The number of carbonyl (C=O) groups is 1. The molecule has 9 heteroatoms. The number of rotatable bonds is 8. The molecule has 1 saturated heterocycles. The van der Waals surface area contributed by atoms with E-state index >= 15 is 0 Å². The summed E-state index contributed by atoms with van der Waals surface area (Å²) in [5, 5.41) is 7.44. The van der Waals surface area contributed by atoms with Gasteiger partial charge in [-0.25, -0.2) is 10.8 Å². The molecule has 30 heavy (non-hydrogen) atoms. The van der Waals surface area contributed by atoms with Crippen molar-refractivity contribution in [2.75, 3.05) is 29.9 Å². The smallest absolute Gasteiger partial charge is 0.324 e. The molecule has 2 aromatic heterocycles. The summed E-state index contributed by atoms with van der Waals surface area (Å²) in [5.41, 5.74) is 3.29. The van der Waals surface area contributed by atoms with Gasteiger partial charge < -0.3 is 14.7 Å². The highest BCUT2D eigenvalue weighted by molar-refractivity contribution is 5.94. The van der Waals surface area contributed by atoms with Gasteiger partial charge >= 0.3 is 6.01 Å². The Labute approximate surface area is 177 Å². The monoisotopic (exact) mass is 415 g/mol. The normalized spacial score (nSPS) is 16.0. The van der Waals surface area contributed by atoms with E-state index in [-0.39, 0.29) is 11.8 Å². The number of aryl methyl sites for hydroxylation is 1. The van der Waals surface area contributed by atoms with Gasteiger partial charge in [-0.05, 0) is 50.2 Å². The molecule has 1 amide bonds. The van der Waals surface area contributed by atoms with E-state index in [4.69, 9.17) is 10.4 Å². The lowest BCUT2D eigenvalue weighted by Gasteiger charge is -2.33. The molecule has 1 aliphatic heterocycles. The number of carbonyl (C=O) groups excluding carboxylic acids is 1. The summed E-state index contributed by atoms with van der Waals surface area (Å²) in [6.45, 7) is 11.0. The number of anilines is 2. The van der Waals surface area contributed by atoms with Gasteiger partial charge in [0.05, 0.1) is 11.3 Å². The van der Waals surface area contributed by atoms with Crippen LogP contribution in [0, 0.1) is 18.8 Å². The number of aromatic nitrogens is 3. The largest absolute Gasteiger partial charge is 0.370 e. The van der Waals surface area contributed by atoms with E-state index in [0.717, 1.165) is 50.5 Å². The summed E-state index contributed by atoms with van der Waals surface area (Å²) in [6, 6.07) is 4.21. The standard InChI is InChI=1S/C21H33N7O2/c1-13(2)19-25-21(30-27-19)28-11-8-16(9-12-28)14(3)7-10-23-18-6-5-17(15(4)24-18)20(29)26-22/h5-6,13-14,16H,7-12,22H2,1-4H3,(H,23,24)(H,26,29)/t14-/m1/s1. The molecule has 0 aromatic carbocycles. The summed E-state index contributed by atoms with van der Waals surface area (Å²) in [4.78, 5) is 22.8. The first kappa shape index (κ1) is 22.0. The Morgan fingerprint density at radius 3 is 2.60 bits per heavy atom. The van der Waals surface area contributed by atoms with Crippen LogP contribution >= 0.6 is 0 Å². The van der Waals surface area contributed by atoms with E-state index in [1.54, 1.807) is 13.0 Å². The van der Waals surface area contributed by atoms with Gasteiger partial charge in [0.1, 0.15) is 5.82 Å². The minimum atomic E-state index is -0.326. The maximum absolute atomic E-state index is 11.7. The third-order valence-corrected chi connectivity index (χ3v) is 5.93. The minimum absolute atomic E-state index is 0.278. The van der Waals surface area contributed by atoms with Crippen molar-refractivity contribution in [1.82, 2.24) is 20.6 Å². The van der Waals surface area contributed by atoms with Gasteiger partial charge in [0.25, 0.3) is 5.91 Å². The van der Waals surface area contributed by atoms with Crippen LogP contribution in [0.25, 0.3) is 0 Å². The zero-order valence-electron chi connectivity index (χ0n) is 18.3. The fraction of sp³-hybridized carbons (Fsp3) is 0.619.